The molecule has 1 amide bonds. The van der Waals surface area contributed by atoms with Gasteiger partial charge in [-0.25, -0.2) is 0 Å². The fourth-order valence-electron chi connectivity index (χ4n) is 2.25. The van der Waals surface area contributed by atoms with E-state index in [-0.39, 0.29) is 11.9 Å². The number of carbonyl (C=O) groups excluding carboxylic acids is 1. The van der Waals surface area contributed by atoms with E-state index in [9.17, 15) is 4.79 Å². The van der Waals surface area contributed by atoms with Crippen LogP contribution < -0.4 is 5.73 Å². The SMILES string of the molecule is CC(C)n1cc(N)cc1C(=O)N(C)Cc1ccccc1Br. The van der Waals surface area contributed by atoms with Gasteiger partial charge in [0.1, 0.15) is 5.69 Å². The first kappa shape index (κ1) is 15.6. The number of hydrogen-bond donors (Lipinski definition) is 1. The predicted octanol–water partition coefficient (Wildman–Crippen LogP) is 3.69. The molecule has 0 bridgehead atoms. The van der Waals surface area contributed by atoms with E-state index < -0.39 is 0 Å². The van der Waals surface area contributed by atoms with Crippen molar-refractivity contribution in [3.63, 3.8) is 0 Å². The molecular formula is C16H20BrN3O. The quantitative estimate of drug-likeness (QED) is 0.914. The third kappa shape index (κ3) is 3.47. The first-order valence-electron chi connectivity index (χ1n) is 6.86. The number of halogens is 1. The van der Waals surface area contributed by atoms with Crippen molar-refractivity contribution in [3.05, 3.63) is 52.3 Å². The number of nitrogen functional groups attached to an aromatic ring is 1. The summed E-state index contributed by atoms with van der Waals surface area (Å²) in [5.41, 5.74) is 8.14. The summed E-state index contributed by atoms with van der Waals surface area (Å²) in [5.74, 6) is -0.0313. The zero-order valence-electron chi connectivity index (χ0n) is 12.5. The van der Waals surface area contributed by atoms with Gasteiger partial charge in [-0.2, -0.15) is 0 Å². The number of amides is 1. The average molecular weight is 350 g/mol. The minimum absolute atomic E-state index is 0.0313. The topological polar surface area (TPSA) is 51.3 Å². The summed E-state index contributed by atoms with van der Waals surface area (Å²) in [6, 6.07) is 9.83. The van der Waals surface area contributed by atoms with Gasteiger partial charge < -0.3 is 15.2 Å². The molecule has 0 saturated heterocycles. The largest absolute Gasteiger partial charge is 0.397 e. The van der Waals surface area contributed by atoms with Crippen LogP contribution in [0, 0.1) is 0 Å². The Balaban J connectivity index is 2.22. The van der Waals surface area contributed by atoms with Crippen molar-refractivity contribution in [2.24, 2.45) is 0 Å². The second-order valence-corrected chi connectivity index (χ2v) is 6.27. The molecule has 0 aliphatic carbocycles. The molecular weight excluding hydrogens is 330 g/mol. The molecule has 0 aliphatic heterocycles. The van der Waals surface area contributed by atoms with Crippen molar-refractivity contribution in [1.29, 1.82) is 0 Å². The van der Waals surface area contributed by atoms with Crippen LogP contribution in [0.3, 0.4) is 0 Å². The van der Waals surface area contributed by atoms with E-state index in [4.69, 9.17) is 5.73 Å². The first-order chi connectivity index (χ1) is 9.90. The molecule has 2 aromatic rings. The van der Waals surface area contributed by atoms with Gasteiger partial charge in [0.15, 0.2) is 0 Å². The van der Waals surface area contributed by atoms with E-state index in [0.29, 0.717) is 17.9 Å². The van der Waals surface area contributed by atoms with Crippen LogP contribution in [-0.4, -0.2) is 22.4 Å². The van der Waals surface area contributed by atoms with Crippen molar-refractivity contribution < 1.29 is 4.79 Å². The molecule has 0 unspecified atom stereocenters. The van der Waals surface area contributed by atoms with E-state index >= 15 is 0 Å². The molecule has 0 atom stereocenters. The lowest BCUT2D eigenvalue weighted by Gasteiger charge is -2.20. The zero-order valence-corrected chi connectivity index (χ0v) is 14.1. The van der Waals surface area contributed by atoms with Crippen LogP contribution in [-0.2, 0) is 6.54 Å². The van der Waals surface area contributed by atoms with Crippen LogP contribution in [0.4, 0.5) is 5.69 Å². The molecule has 0 radical (unpaired) electrons. The number of nitrogens with two attached hydrogens (primary N) is 1. The predicted molar refractivity (Wildman–Crippen MR) is 89.2 cm³/mol. The van der Waals surface area contributed by atoms with Crippen molar-refractivity contribution in [3.8, 4) is 0 Å². The smallest absolute Gasteiger partial charge is 0.270 e. The Bertz CT molecular complexity index is 649. The number of aromatic nitrogens is 1. The van der Waals surface area contributed by atoms with Crippen LogP contribution in [0.25, 0.3) is 0 Å². The Morgan fingerprint density at radius 2 is 2.05 bits per heavy atom. The minimum atomic E-state index is -0.0313. The van der Waals surface area contributed by atoms with E-state index in [1.54, 1.807) is 18.0 Å². The summed E-state index contributed by atoms with van der Waals surface area (Å²) in [6.45, 7) is 4.61. The second-order valence-electron chi connectivity index (χ2n) is 5.41. The number of hydrogen-bond acceptors (Lipinski definition) is 2. The Morgan fingerprint density at radius 3 is 2.67 bits per heavy atom. The van der Waals surface area contributed by atoms with Gasteiger partial charge in [-0.15, -0.1) is 0 Å². The molecule has 2 N–H and O–H groups in total. The van der Waals surface area contributed by atoms with E-state index in [2.05, 4.69) is 15.9 Å². The Morgan fingerprint density at radius 1 is 1.38 bits per heavy atom. The van der Waals surface area contributed by atoms with Crippen LogP contribution in [0.5, 0.6) is 0 Å². The van der Waals surface area contributed by atoms with Crippen LogP contribution in [0.1, 0.15) is 35.9 Å². The number of nitrogens with zero attached hydrogens (tertiary/aromatic N) is 2. The number of rotatable bonds is 4. The molecule has 112 valence electrons. The fraction of sp³-hybridized carbons (Fsp3) is 0.312. The molecule has 5 heteroatoms. The van der Waals surface area contributed by atoms with Gasteiger partial charge in [-0.1, -0.05) is 34.1 Å². The molecule has 0 saturated carbocycles. The minimum Gasteiger partial charge on any atom is -0.397 e. The molecule has 1 aromatic carbocycles. The Hall–Kier alpha value is -1.75. The highest BCUT2D eigenvalue weighted by molar-refractivity contribution is 9.10. The van der Waals surface area contributed by atoms with Gasteiger partial charge in [0, 0.05) is 30.3 Å². The van der Waals surface area contributed by atoms with Crippen molar-refractivity contribution in [2.75, 3.05) is 12.8 Å². The average Bonchev–Trinajstić information content (AvgIpc) is 2.82. The molecule has 1 aromatic heterocycles. The number of carbonyl (C=O) groups is 1. The van der Waals surface area contributed by atoms with Gasteiger partial charge in [0.05, 0.1) is 5.69 Å². The lowest BCUT2D eigenvalue weighted by molar-refractivity contribution is 0.0772. The van der Waals surface area contributed by atoms with Crippen LogP contribution in [0.15, 0.2) is 41.0 Å². The summed E-state index contributed by atoms with van der Waals surface area (Å²) in [7, 11) is 1.80. The molecule has 1 heterocycles. The van der Waals surface area contributed by atoms with E-state index in [1.165, 1.54) is 0 Å². The lowest BCUT2D eigenvalue weighted by atomic mass is 10.2. The summed E-state index contributed by atoms with van der Waals surface area (Å²) in [6.07, 6.45) is 1.81. The number of anilines is 1. The van der Waals surface area contributed by atoms with Crippen molar-refractivity contribution >= 4 is 27.5 Å². The highest BCUT2D eigenvalue weighted by atomic mass is 79.9. The van der Waals surface area contributed by atoms with Crippen molar-refractivity contribution in [2.45, 2.75) is 26.4 Å². The van der Waals surface area contributed by atoms with Gasteiger partial charge >= 0.3 is 0 Å². The lowest BCUT2D eigenvalue weighted by Crippen LogP contribution is -2.28. The third-order valence-electron chi connectivity index (χ3n) is 3.36. The maximum Gasteiger partial charge on any atom is 0.270 e. The van der Waals surface area contributed by atoms with Crippen LogP contribution in [0.2, 0.25) is 0 Å². The second kappa shape index (κ2) is 6.35. The van der Waals surface area contributed by atoms with Crippen LogP contribution >= 0.6 is 15.9 Å². The molecule has 4 nitrogen and oxygen atoms in total. The molecule has 0 fully saturated rings. The molecule has 0 spiro atoms. The van der Waals surface area contributed by atoms with E-state index in [0.717, 1.165) is 10.0 Å². The summed E-state index contributed by atoms with van der Waals surface area (Å²) in [4.78, 5) is 14.3. The summed E-state index contributed by atoms with van der Waals surface area (Å²) >= 11 is 3.51. The maximum absolute atomic E-state index is 12.6. The molecule has 21 heavy (non-hydrogen) atoms. The van der Waals surface area contributed by atoms with E-state index in [1.807, 2.05) is 48.9 Å². The highest BCUT2D eigenvalue weighted by Crippen LogP contribution is 2.21. The Kier molecular flexibility index (Phi) is 4.73. The summed E-state index contributed by atoms with van der Waals surface area (Å²) in [5, 5.41) is 0. The third-order valence-corrected chi connectivity index (χ3v) is 4.13. The molecule has 2 rings (SSSR count). The van der Waals surface area contributed by atoms with Crippen molar-refractivity contribution in [1.82, 2.24) is 9.47 Å². The van der Waals surface area contributed by atoms with Gasteiger partial charge in [0.25, 0.3) is 5.91 Å². The van der Waals surface area contributed by atoms with Gasteiger partial charge in [-0.3, -0.25) is 4.79 Å². The van der Waals surface area contributed by atoms with Gasteiger partial charge in [0.2, 0.25) is 0 Å². The standard InChI is InChI=1S/C16H20BrN3O/c1-11(2)20-10-13(18)8-15(20)16(21)19(3)9-12-6-4-5-7-14(12)17/h4-8,10-11H,9,18H2,1-3H3. The molecule has 0 aliphatic rings. The van der Waals surface area contributed by atoms with Gasteiger partial charge in [-0.05, 0) is 31.5 Å². The maximum atomic E-state index is 12.6. The Labute approximate surface area is 133 Å². The monoisotopic (exact) mass is 349 g/mol. The number of benzene rings is 1. The normalized spacial score (nSPS) is 10.9. The highest BCUT2D eigenvalue weighted by Gasteiger charge is 2.19. The summed E-state index contributed by atoms with van der Waals surface area (Å²) < 4.78 is 2.91. The fourth-order valence-corrected chi connectivity index (χ4v) is 2.66. The zero-order chi connectivity index (χ0) is 15.6. The first-order valence-corrected chi connectivity index (χ1v) is 7.65.